The summed E-state index contributed by atoms with van der Waals surface area (Å²) in [4.78, 5) is 24.2. The zero-order chi connectivity index (χ0) is 21.3. The molecule has 6 heteroatoms. The van der Waals surface area contributed by atoms with E-state index in [1.807, 2.05) is 48.5 Å². The third kappa shape index (κ3) is 6.54. The molecule has 3 aromatic carbocycles. The number of hydrogen-bond donors (Lipinski definition) is 2. The van der Waals surface area contributed by atoms with Crippen molar-refractivity contribution in [3.05, 3.63) is 117 Å². The largest absolute Gasteiger partial charge is 0.362 e. The summed E-state index contributed by atoms with van der Waals surface area (Å²) in [6.07, 6.45) is 6.21. The molecule has 3 rings (SSSR count). The van der Waals surface area contributed by atoms with Crippen LogP contribution in [0.15, 0.2) is 106 Å². The van der Waals surface area contributed by atoms with E-state index in [2.05, 4.69) is 42.5 Å². The number of benzene rings is 3. The summed E-state index contributed by atoms with van der Waals surface area (Å²) in [6.45, 7) is 0. The number of allylic oxidation sites excluding steroid dienone is 2. The van der Waals surface area contributed by atoms with Crippen LogP contribution in [0.3, 0.4) is 0 Å². The standard InChI is InChI=1S/C24H18Br2N2O2/c25-19-5-1-17(2-6-19)23(29)13-15-27-21-9-11-22(12-10-21)28-16-14-24(30)18-3-7-20(26)8-4-18/h1-16,27-28H. The molecule has 0 heterocycles. The van der Waals surface area contributed by atoms with E-state index in [4.69, 9.17) is 0 Å². The van der Waals surface area contributed by atoms with E-state index in [9.17, 15) is 9.59 Å². The number of halogens is 2. The van der Waals surface area contributed by atoms with E-state index < -0.39 is 0 Å². The zero-order valence-corrected chi connectivity index (χ0v) is 19.0. The van der Waals surface area contributed by atoms with Gasteiger partial charge in [-0.15, -0.1) is 0 Å². The first-order valence-electron chi connectivity index (χ1n) is 9.07. The molecule has 0 saturated heterocycles. The number of carbonyl (C=O) groups excluding carboxylic acids is 2. The number of carbonyl (C=O) groups is 2. The van der Waals surface area contributed by atoms with Crippen LogP contribution in [0.4, 0.5) is 11.4 Å². The van der Waals surface area contributed by atoms with Crippen molar-refractivity contribution in [3.8, 4) is 0 Å². The van der Waals surface area contributed by atoms with Gasteiger partial charge in [0.15, 0.2) is 11.6 Å². The summed E-state index contributed by atoms with van der Waals surface area (Å²) in [6, 6.07) is 21.9. The van der Waals surface area contributed by atoms with Crippen LogP contribution in [-0.4, -0.2) is 11.6 Å². The highest BCUT2D eigenvalue weighted by Gasteiger charge is 2.01. The van der Waals surface area contributed by atoms with Gasteiger partial charge in [0.2, 0.25) is 0 Å². The van der Waals surface area contributed by atoms with Crippen LogP contribution in [0.1, 0.15) is 20.7 Å². The SMILES string of the molecule is O=C(C=CNc1ccc(NC=CC(=O)c2ccc(Br)cc2)cc1)c1ccc(Br)cc1. The first-order valence-corrected chi connectivity index (χ1v) is 10.7. The Kier molecular flexibility index (Phi) is 7.76. The maximum absolute atomic E-state index is 12.1. The Balaban J connectivity index is 1.49. The van der Waals surface area contributed by atoms with Crippen LogP contribution in [-0.2, 0) is 0 Å². The molecule has 30 heavy (non-hydrogen) atoms. The van der Waals surface area contributed by atoms with E-state index >= 15 is 0 Å². The predicted octanol–water partition coefficient (Wildman–Crippen LogP) is 6.83. The van der Waals surface area contributed by atoms with Crippen molar-refractivity contribution in [1.82, 2.24) is 0 Å². The maximum atomic E-state index is 12.1. The van der Waals surface area contributed by atoms with Crippen molar-refractivity contribution in [3.63, 3.8) is 0 Å². The molecule has 0 aliphatic heterocycles. The molecule has 0 unspecified atom stereocenters. The molecule has 150 valence electrons. The van der Waals surface area contributed by atoms with Crippen molar-refractivity contribution in [2.45, 2.75) is 0 Å². The molecule has 0 saturated carbocycles. The van der Waals surface area contributed by atoms with Crippen LogP contribution < -0.4 is 10.6 Å². The number of ketones is 2. The topological polar surface area (TPSA) is 58.2 Å². The third-order valence-corrected chi connectivity index (χ3v) is 5.17. The molecule has 0 bridgehead atoms. The van der Waals surface area contributed by atoms with Crippen LogP contribution >= 0.6 is 31.9 Å². The Morgan fingerprint density at radius 3 is 1.23 bits per heavy atom. The Bertz CT molecular complexity index is 983. The van der Waals surface area contributed by atoms with Crippen LogP contribution in [0.5, 0.6) is 0 Å². The van der Waals surface area contributed by atoms with Crippen LogP contribution in [0.25, 0.3) is 0 Å². The minimum atomic E-state index is -0.0751. The first kappa shape index (κ1) is 21.7. The highest BCUT2D eigenvalue weighted by Crippen LogP contribution is 2.15. The normalized spacial score (nSPS) is 11.0. The molecule has 0 fully saturated rings. The summed E-state index contributed by atoms with van der Waals surface area (Å²) < 4.78 is 1.87. The highest BCUT2D eigenvalue weighted by atomic mass is 79.9. The Labute approximate surface area is 192 Å². The number of nitrogens with one attached hydrogen (secondary N) is 2. The molecule has 0 radical (unpaired) electrons. The fraction of sp³-hybridized carbons (Fsp3) is 0. The summed E-state index contributed by atoms with van der Waals surface area (Å²) in [5, 5.41) is 6.14. The second-order valence-corrected chi connectivity index (χ2v) is 8.11. The average molecular weight is 526 g/mol. The lowest BCUT2D eigenvalue weighted by Gasteiger charge is -2.04. The lowest BCUT2D eigenvalue weighted by molar-refractivity contribution is 0.103. The lowest BCUT2D eigenvalue weighted by Crippen LogP contribution is -1.97. The zero-order valence-electron chi connectivity index (χ0n) is 15.8. The van der Waals surface area contributed by atoms with E-state index in [1.54, 1.807) is 36.7 Å². The Morgan fingerprint density at radius 1 is 0.567 bits per heavy atom. The van der Waals surface area contributed by atoms with Gasteiger partial charge >= 0.3 is 0 Å². The molecule has 2 N–H and O–H groups in total. The van der Waals surface area contributed by atoms with E-state index in [-0.39, 0.29) is 11.6 Å². The highest BCUT2D eigenvalue weighted by molar-refractivity contribution is 9.10. The summed E-state index contributed by atoms with van der Waals surface area (Å²) in [5.41, 5.74) is 2.94. The van der Waals surface area contributed by atoms with Gasteiger partial charge in [-0.2, -0.15) is 0 Å². The molecule has 0 spiro atoms. The van der Waals surface area contributed by atoms with Gasteiger partial charge in [-0.1, -0.05) is 31.9 Å². The van der Waals surface area contributed by atoms with Gasteiger partial charge in [-0.05, 0) is 72.8 Å². The summed E-state index contributed by atoms with van der Waals surface area (Å²) in [5.74, 6) is -0.150. The van der Waals surface area contributed by atoms with Crippen molar-refractivity contribution in [1.29, 1.82) is 0 Å². The fourth-order valence-electron chi connectivity index (χ4n) is 2.51. The molecular formula is C24H18Br2N2O2. The molecule has 0 aliphatic rings. The monoisotopic (exact) mass is 524 g/mol. The number of anilines is 2. The lowest BCUT2D eigenvalue weighted by atomic mass is 10.1. The second kappa shape index (κ2) is 10.7. The molecule has 3 aromatic rings. The van der Waals surface area contributed by atoms with E-state index in [0.29, 0.717) is 11.1 Å². The smallest absolute Gasteiger partial charge is 0.187 e. The van der Waals surface area contributed by atoms with Gasteiger partial charge in [-0.25, -0.2) is 0 Å². The molecule has 4 nitrogen and oxygen atoms in total. The van der Waals surface area contributed by atoms with Gasteiger partial charge in [0.05, 0.1) is 0 Å². The van der Waals surface area contributed by atoms with E-state index in [1.165, 1.54) is 12.2 Å². The summed E-state index contributed by atoms with van der Waals surface area (Å²) in [7, 11) is 0. The fourth-order valence-corrected chi connectivity index (χ4v) is 3.04. The second-order valence-electron chi connectivity index (χ2n) is 6.27. The Hall–Kier alpha value is -2.96. The minimum absolute atomic E-state index is 0.0751. The number of hydrogen-bond acceptors (Lipinski definition) is 4. The van der Waals surface area contributed by atoms with Crippen molar-refractivity contribution < 1.29 is 9.59 Å². The van der Waals surface area contributed by atoms with Crippen LogP contribution in [0, 0.1) is 0 Å². The molecule has 0 amide bonds. The molecular weight excluding hydrogens is 508 g/mol. The average Bonchev–Trinajstić information content (AvgIpc) is 2.75. The van der Waals surface area contributed by atoms with Crippen molar-refractivity contribution in [2.75, 3.05) is 10.6 Å². The quantitative estimate of drug-likeness (QED) is 0.250. The maximum Gasteiger partial charge on any atom is 0.187 e. The van der Waals surface area contributed by atoms with Crippen molar-refractivity contribution >= 4 is 54.8 Å². The third-order valence-electron chi connectivity index (χ3n) is 4.11. The molecule has 0 atom stereocenters. The van der Waals surface area contributed by atoms with Gasteiger partial charge in [0, 0.05) is 56.0 Å². The van der Waals surface area contributed by atoms with Crippen molar-refractivity contribution in [2.24, 2.45) is 0 Å². The van der Waals surface area contributed by atoms with Gasteiger partial charge in [-0.3, -0.25) is 9.59 Å². The number of rotatable bonds is 8. The van der Waals surface area contributed by atoms with Gasteiger partial charge < -0.3 is 10.6 Å². The summed E-state index contributed by atoms with van der Waals surface area (Å²) >= 11 is 6.70. The predicted molar refractivity (Wildman–Crippen MR) is 129 cm³/mol. The van der Waals surface area contributed by atoms with Crippen LogP contribution in [0.2, 0.25) is 0 Å². The van der Waals surface area contributed by atoms with Gasteiger partial charge in [0.25, 0.3) is 0 Å². The minimum Gasteiger partial charge on any atom is -0.362 e. The van der Waals surface area contributed by atoms with Gasteiger partial charge in [0.1, 0.15) is 0 Å². The first-order chi connectivity index (χ1) is 14.5. The Morgan fingerprint density at radius 2 is 0.900 bits per heavy atom. The molecule has 0 aliphatic carbocycles. The molecule has 0 aromatic heterocycles. The van der Waals surface area contributed by atoms with E-state index in [0.717, 1.165) is 20.3 Å².